The molecule has 0 aliphatic carbocycles. The molecule has 1 N–H and O–H groups in total. The van der Waals surface area contributed by atoms with Gasteiger partial charge in [0.25, 0.3) is 0 Å². The van der Waals surface area contributed by atoms with Crippen LogP contribution in [0.4, 0.5) is 0 Å². The highest BCUT2D eigenvalue weighted by molar-refractivity contribution is 7.99. The molecule has 0 radical (unpaired) electrons. The van der Waals surface area contributed by atoms with Crippen LogP contribution in [0.15, 0.2) is 59.8 Å². The fraction of sp³-hybridized carbons (Fsp3) is 0.375. The van der Waals surface area contributed by atoms with E-state index in [1.54, 1.807) is 7.11 Å². The SMILES string of the molecule is COc1ccc(-n2c(C)nnc2SCC(=O)NCC2CN(Cc3ccccc3)CCO2)cc1. The van der Waals surface area contributed by atoms with Gasteiger partial charge in [-0.2, -0.15) is 0 Å². The third kappa shape index (κ3) is 6.34. The van der Waals surface area contributed by atoms with Crippen molar-refractivity contribution in [2.75, 3.05) is 39.1 Å². The lowest BCUT2D eigenvalue weighted by molar-refractivity contribution is -0.119. The van der Waals surface area contributed by atoms with Crippen LogP contribution in [0.25, 0.3) is 5.69 Å². The van der Waals surface area contributed by atoms with Gasteiger partial charge in [-0.1, -0.05) is 42.1 Å². The van der Waals surface area contributed by atoms with Gasteiger partial charge in [0.05, 0.1) is 25.6 Å². The van der Waals surface area contributed by atoms with Gasteiger partial charge in [-0.3, -0.25) is 14.3 Å². The van der Waals surface area contributed by atoms with Crippen LogP contribution in [0, 0.1) is 6.92 Å². The molecule has 1 atom stereocenters. The summed E-state index contributed by atoms with van der Waals surface area (Å²) in [5.74, 6) is 1.75. The van der Waals surface area contributed by atoms with Crippen molar-refractivity contribution < 1.29 is 14.3 Å². The van der Waals surface area contributed by atoms with Crippen molar-refractivity contribution in [1.29, 1.82) is 0 Å². The van der Waals surface area contributed by atoms with Crippen LogP contribution in [0.5, 0.6) is 5.75 Å². The highest BCUT2D eigenvalue weighted by atomic mass is 32.2. The maximum atomic E-state index is 12.5. The number of benzene rings is 2. The molecule has 9 heteroatoms. The van der Waals surface area contributed by atoms with Crippen LogP contribution in [0.1, 0.15) is 11.4 Å². The molecule has 1 aliphatic heterocycles. The summed E-state index contributed by atoms with van der Waals surface area (Å²) >= 11 is 1.36. The quantitative estimate of drug-likeness (QED) is 0.485. The zero-order valence-electron chi connectivity index (χ0n) is 18.9. The van der Waals surface area contributed by atoms with Crippen molar-refractivity contribution in [3.63, 3.8) is 0 Å². The second-order valence-electron chi connectivity index (χ2n) is 7.87. The van der Waals surface area contributed by atoms with E-state index >= 15 is 0 Å². The van der Waals surface area contributed by atoms with Gasteiger partial charge in [0, 0.05) is 31.9 Å². The molecule has 1 unspecified atom stereocenters. The van der Waals surface area contributed by atoms with E-state index in [0.717, 1.165) is 36.9 Å². The summed E-state index contributed by atoms with van der Waals surface area (Å²) in [4.78, 5) is 14.9. The maximum Gasteiger partial charge on any atom is 0.230 e. The Morgan fingerprint density at radius 3 is 2.73 bits per heavy atom. The van der Waals surface area contributed by atoms with E-state index in [1.165, 1.54) is 17.3 Å². The molecule has 1 amide bonds. The van der Waals surface area contributed by atoms with Crippen molar-refractivity contribution >= 4 is 17.7 Å². The molecule has 174 valence electrons. The largest absolute Gasteiger partial charge is 0.497 e. The predicted molar refractivity (Wildman–Crippen MR) is 128 cm³/mol. The Morgan fingerprint density at radius 2 is 1.97 bits per heavy atom. The average Bonchev–Trinajstić information content (AvgIpc) is 3.22. The molecule has 0 spiro atoms. The number of hydrogen-bond donors (Lipinski definition) is 1. The average molecular weight is 468 g/mol. The number of methoxy groups -OCH3 is 1. The number of aromatic nitrogens is 3. The Hall–Kier alpha value is -2.88. The van der Waals surface area contributed by atoms with Gasteiger partial charge in [-0.25, -0.2) is 0 Å². The van der Waals surface area contributed by atoms with Gasteiger partial charge >= 0.3 is 0 Å². The minimum absolute atomic E-state index is 0.0124. The van der Waals surface area contributed by atoms with E-state index in [-0.39, 0.29) is 17.8 Å². The number of morpholine rings is 1. The zero-order valence-corrected chi connectivity index (χ0v) is 19.8. The molecule has 1 fully saturated rings. The Bertz CT molecular complexity index is 1040. The number of nitrogens with zero attached hydrogens (tertiary/aromatic N) is 4. The number of ether oxygens (including phenoxy) is 2. The van der Waals surface area contributed by atoms with Crippen LogP contribution in [-0.4, -0.2) is 70.8 Å². The second-order valence-corrected chi connectivity index (χ2v) is 8.81. The summed E-state index contributed by atoms with van der Waals surface area (Å²) < 4.78 is 13.0. The lowest BCUT2D eigenvalue weighted by Gasteiger charge is -2.33. The molecule has 1 aliphatic rings. The first kappa shape index (κ1) is 23.3. The van der Waals surface area contributed by atoms with Gasteiger partial charge in [-0.05, 0) is 36.8 Å². The van der Waals surface area contributed by atoms with E-state index in [4.69, 9.17) is 9.47 Å². The highest BCUT2D eigenvalue weighted by Crippen LogP contribution is 2.23. The third-order valence-corrected chi connectivity index (χ3v) is 6.39. The standard InChI is InChI=1S/C24H29N5O3S/c1-18-26-27-24(29(18)20-8-10-21(31-2)11-9-20)33-17-23(30)25-14-22-16-28(12-13-32-22)15-19-6-4-3-5-7-19/h3-11,22H,12-17H2,1-2H3,(H,25,30). The molecule has 2 aromatic carbocycles. The first-order chi connectivity index (χ1) is 16.1. The maximum absolute atomic E-state index is 12.5. The Labute approximate surface area is 198 Å². The molecule has 3 aromatic rings. The zero-order chi connectivity index (χ0) is 23.0. The van der Waals surface area contributed by atoms with Crippen LogP contribution in [0.3, 0.4) is 0 Å². The molecule has 8 nitrogen and oxygen atoms in total. The van der Waals surface area contributed by atoms with Crippen LogP contribution >= 0.6 is 11.8 Å². The smallest absolute Gasteiger partial charge is 0.230 e. The second kappa shape index (κ2) is 11.3. The molecule has 1 aromatic heterocycles. The van der Waals surface area contributed by atoms with E-state index in [0.29, 0.717) is 18.3 Å². The van der Waals surface area contributed by atoms with E-state index in [2.05, 4.69) is 44.7 Å². The monoisotopic (exact) mass is 467 g/mol. The van der Waals surface area contributed by atoms with E-state index in [1.807, 2.05) is 41.8 Å². The molecular weight excluding hydrogens is 438 g/mol. The lowest BCUT2D eigenvalue weighted by Crippen LogP contribution is -2.47. The van der Waals surface area contributed by atoms with E-state index < -0.39 is 0 Å². The van der Waals surface area contributed by atoms with Gasteiger partial charge < -0.3 is 14.8 Å². The molecule has 1 saturated heterocycles. The molecule has 2 heterocycles. The Morgan fingerprint density at radius 1 is 1.18 bits per heavy atom. The number of rotatable bonds is 9. The van der Waals surface area contributed by atoms with Gasteiger partial charge in [0.1, 0.15) is 11.6 Å². The molecule has 4 rings (SSSR count). The molecular formula is C24H29N5O3S. The summed E-state index contributed by atoms with van der Waals surface area (Å²) in [7, 11) is 1.64. The normalized spacial score (nSPS) is 16.5. The Kier molecular flexibility index (Phi) is 7.98. The van der Waals surface area contributed by atoms with Crippen LogP contribution < -0.4 is 10.1 Å². The number of carbonyl (C=O) groups excluding carboxylic acids is 1. The number of carbonyl (C=O) groups is 1. The summed E-state index contributed by atoms with van der Waals surface area (Å²) in [6.07, 6.45) is -0.0124. The fourth-order valence-electron chi connectivity index (χ4n) is 3.76. The van der Waals surface area contributed by atoms with Gasteiger partial charge in [0.2, 0.25) is 5.91 Å². The number of amides is 1. The van der Waals surface area contributed by atoms with Crippen LogP contribution in [-0.2, 0) is 16.1 Å². The number of aryl methyl sites for hydroxylation is 1. The van der Waals surface area contributed by atoms with Crippen molar-refractivity contribution in [2.45, 2.75) is 24.7 Å². The first-order valence-corrected chi connectivity index (χ1v) is 11.9. The van der Waals surface area contributed by atoms with Crippen molar-refractivity contribution in [3.8, 4) is 11.4 Å². The fourth-order valence-corrected chi connectivity index (χ4v) is 4.59. The minimum atomic E-state index is -0.0503. The predicted octanol–water partition coefficient (Wildman–Crippen LogP) is 2.69. The van der Waals surface area contributed by atoms with E-state index in [9.17, 15) is 4.79 Å². The lowest BCUT2D eigenvalue weighted by atomic mass is 10.2. The topological polar surface area (TPSA) is 81.5 Å². The van der Waals surface area contributed by atoms with Crippen molar-refractivity contribution in [1.82, 2.24) is 25.0 Å². The third-order valence-electron chi connectivity index (χ3n) is 5.46. The van der Waals surface area contributed by atoms with Gasteiger partial charge in [-0.15, -0.1) is 10.2 Å². The molecule has 0 bridgehead atoms. The van der Waals surface area contributed by atoms with Crippen molar-refractivity contribution in [2.24, 2.45) is 0 Å². The summed E-state index contributed by atoms with van der Waals surface area (Å²) in [6.45, 7) is 5.65. The summed E-state index contributed by atoms with van der Waals surface area (Å²) in [5.41, 5.74) is 2.21. The van der Waals surface area contributed by atoms with Crippen LogP contribution in [0.2, 0.25) is 0 Å². The first-order valence-electron chi connectivity index (χ1n) is 11.0. The highest BCUT2D eigenvalue weighted by Gasteiger charge is 2.21. The Balaban J connectivity index is 1.26. The molecule has 0 saturated carbocycles. The minimum Gasteiger partial charge on any atom is -0.497 e. The number of nitrogens with one attached hydrogen (secondary N) is 1. The summed E-state index contributed by atoms with van der Waals surface area (Å²) in [6, 6.07) is 18.1. The molecule has 33 heavy (non-hydrogen) atoms. The van der Waals surface area contributed by atoms with Gasteiger partial charge in [0.15, 0.2) is 5.16 Å². The number of hydrogen-bond acceptors (Lipinski definition) is 7. The number of thioether (sulfide) groups is 1. The summed E-state index contributed by atoms with van der Waals surface area (Å²) in [5, 5.41) is 12.1. The van der Waals surface area contributed by atoms with Crippen molar-refractivity contribution in [3.05, 3.63) is 66.0 Å².